The summed E-state index contributed by atoms with van der Waals surface area (Å²) in [5.41, 5.74) is 5.10. The van der Waals surface area contributed by atoms with Crippen LogP contribution in [0.25, 0.3) is 0 Å². The minimum Gasteiger partial charge on any atom is -0.481 e. The van der Waals surface area contributed by atoms with Crippen molar-refractivity contribution in [2.75, 3.05) is 13.1 Å². The number of hydrogen-bond donors (Lipinski definition) is 3. The topological polar surface area (TPSA) is 113 Å². The van der Waals surface area contributed by atoms with Gasteiger partial charge in [0.1, 0.15) is 6.04 Å². The summed E-state index contributed by atoms with van der Waals surface area (Å²) in [6.45, 7) is 2.84. The SMILES string of the molecule is CCCCC(NC(N)=O)C(=O)N1CCC(C(=O)O)CC1. The maximum absolute atomic E-state index is 12.3. The van der Waals surface area contributed by atoms with Crippen LogP contribution in [0.3, 0.4) is 0 Å². The summed E-state index contributed by atoms with van der Waals surface area (Å²) in [4.78, 5) is 35.8. The lowest BCUT2D eigenvalue weighted by Crippen LogP contribution is -2.52. The molecule has 0 spiro atoms. The number of nitrogens with two attached hydrogens (primary N) is 1. The Balaban J connectivity index is 2.56. The van der Waals surface area contributed by atoms with Crippen LogP contribution in [0.2, 0.25) is 0 Å². The van der Waals surface area contributed by atoms with Crippen LogP contribution in [0.4, 0.5) is 4.79 Å². The van der Waals surface area contributed by atoms with Crippen LogP contribution < -0.4 is 11.1 Å². The Bertz CT molecular complexity index is 365. The molecule has 1 saturated heterocycles. The first-order valence-electron chi connectivity index (χ1n) is 7.03. The van der Waals surface area contributed by atoms with Crippen molar-refractivity contribution in [1.29, 1.82) is 0 Å². The fourth-order valence-electron chi connectivity index (χ4n) is 2.40. The number of unbranched alkanes of at least 4 members (excludes halogenated alkanes) is 1. The van der Waals surface area contributed by atoms with E-state index < -0.39 is 18.0 Å². The third kappa shape index (κ3) is 4.71. The normalized spacial score (nSPS) is 17.6. The molecule has 1 atom stereocenters. The highest BCUT2D eigenvalue weighted by molar-refractivity contribution is 5.86. The number of carbonyl (C=O) groups excluding carboxylic acids is 2. The van der Waals surface area contributed by atoms with Crippen LogP contribution in [0.5, 0.6) is 0 Å². The van der Waals surface area contributed by atoms with Gasteiger partial charge < -0.3 is 21.1 Å². The molecule has 0 aromatic rings. The van der Waals surface area contributed by atoms with Gasteiger partial charge in [0.05, 0.1) is 5.92 Å². The Kier molecular flexibility index (Phi) is 6.27. The van der Waals surface area contributed by atoms with Gasteiger partial charge in [-0.15, -0.1) is 0 Å². The van der Waals surface area contributed by atoms with E-state index in [9.17, 15) is 14.4 Å². The monoisotopic (exact) mass is 285 g/mol. The number of aliphatic carboxylic acids is 1. The third-order valence-electron chi connectivity index (χ3n) is 3.62. The van der Waals surface area contributed by atoms with Gasteiger partial charge in [-0.1, -0.05) is 19.8 Å². The minimum absolute atomic E-state index is 0.166. The molecule has 0 radical (unpaired) electrons. The van der Waals surface area contributed by atoms with Crippen molar-refractivity contribution in [3.05, 3.63) is 0 Å². The van der Waals surface area contributed by atoms with Crippen molar-refractivity contribution < 1.29 is 19.5 Å². The number of hydrogen-bond acceptors (Lipinski definition) is 3. The predicted molar refractivity (Wildman–Crippen MR) is 73.0 cm³/mol. The zero-order chi connectivity index (χ0) is 15.1. The number of carboxylic acid groups (broad SMARTS) is 1. The summed E-state index contributed by atoms with van der Waals surface area (Å²) in [5, 5.41) is 11.4. The molecule has 114 valence electrons. The molecule has 7 heteroatoms. The van der Waals surface area contributed by atoms with Crippen LogP contribution >= 0.6 is 0 Å². The fraction of sp³-hybridized carbons (Fsp3) is 0.769. The number of rotatable bonds is 6. The largest absolute Gasteiger partial charge is 0.481 e. The minimum atomic E-state index is -0.810. The number of carboxylic acids is 1. The van der Waals surface area contributed by atoms with Crippen LogP contribution in [0.1, 0.15) is 39.0 Å². The molecule has 1 aliphatic heterocycles. The van der Waals surface area contributed by atoms with Crippen molar-refractivity contribution in [2.45, 2.75) is 45.1 Å². The van der Waals surface area contributed by atoms with E-state index in [-0.39, 0.29) is 11.8 Å². The average molecular weight is 285 g/mol. The molecule has 1 fully saturated rings. The number of nitrogens with one attached hydrogen (secondary N) is 1. The fourth-order valence-corrected chi connectivity index (χ4v) is 2.40. The van der Waals surface area contributed by atoms with E-state index >= 15 is 0 Å². The van der Waals surface area contributed by atoms with Crippen molar-refractivity contribution >= 4 is 17.9 Å². The van der Waals surface area contributed by atoms with E-state index in [0.29, 0.717) is 32.4 Å². The quantitative estimate of drug-likeness (QED) is 0.661. The molecular weight excluding hydrogens is 262 g/mol. The zero-order valence-electron chi connectivity index (χ0n) is 11.8. The molecular formula is C13H23N3O4. The molecule has 0 saturated carbocycles. The number of carbonyl (C=O) groups is 3. The molecule has 1 aliphatic rings. The summed E-state index contributed by atoms with van der Waals surface area (Å²) in [6, 6.07) is -1.31. The van der Waals surface area contributed by atoms with Crippen LogP contribution in [0.15, 0.2) is 0 Å². The zero-order valence-corrected chi connectivity index (χ0v) is 11.8. The second-order valence-electron chi connectivity index (χ2n) is 5.14. The summed E-state index contributed by atoms with van der Waals surface area (Å²) in [5.74, 6) is -1.35. The lowest BCUT2D eigenvalue weighted by molar-refractivity contribution is -0.146. The van der Waals surface area contributed by atoms with Crippen LogP contribution in [0, 0.1) is 5.92 Å². The predicted octanol–water partition coefficient (Wildman–Crippen LogP) is 0.537. The van der Waals surface area contributed by atoms with Gasteiger partial charge in [-0.05, 0) is 19.3 Å². The molecule has 1 unspecified atom stereocenters. The third-order valence-corrected chi connectivity index (χ3v) is 3.62. The molecule has 0 aliphatic carbocycles. The molecule has 0 aromatic carbocycles. The van der Waals surface area contributed by atoms with Gasteiger partial charge in [-0.25, -0.2) is 4.79 Å². The second kappa shape index (κ2) is 7.72. The first-order chi connectivity index (χ1) is 9.45. The molecule has 7 nitrogen and oxygen atoms in total. The van der Waals surface area contributed by atoms with E-state index in [1.807, 2.05) is 6.92 Å². The maximum atomic E-state index is 12.3. The van der Waals surface area contributed by atoms with Crippen molar-refractivity contribution in [2.24, 2.45) is 11.7 Å². The molecule has 3 amide bonds. The second-order valence-corrected chi connectivity index (χ2v) is 5.14. The number of urea groups is 1. The van der Waals surface area contributed by atoms with Crippen molar-refractivity contribution in [3.63, 3.8) is 0 Å². The number of piperidine rings is 1. The Labute approximate surface area is 118 Å². The van der Waals surface area contributed by atoms with Gasteiger partial charge in [0, 0.05) is 13.1 Å². The van der Waals surface area contributed by atoms with Gasteiger partial charge in [0.2, 0.25) is 5.91 Å². The van der Waals surface area contributed by atoms with Gasteiger partial charge in [-0.2, -0.15) is 0 Å². The average Bonchev–Trinajstić information content (AvgIpc) is 2.42. The van der Waals surface area contributed by atoms with E-state index in [0.717, 1.165) is 12.8 Å². The maximum Gasteiger partial charge on any atom is 0.312 e. The van der Waals surface area contributed by atoms with Crippen LogP contribution in [-0.2, 0) is 9.59 Å². The summed E-state index contributed by atoms with van der Waals surface area (Å²) in [6.07, 6.45) is 3.21. The van der Waals surface area contributed by atoms with Gasteiger partial charge in [0.25, 0.3) is 0 Å². The molecule has 0 bridgehead atoms. The number of primary amides is 1. The van der Waals surface area contributed by atoms with E-state index in [4.69, 9.17) is 10.8 Å². The molecule has 4 N–H and O–H groups in total. The van der Waals surface area contributed by atoms with Gasteiger partial charge in [-0.3, -0.25) is 9.59 Å². The van der Waals surface area contributed by atoms with Gasteiger partial charge in [0.15, 0.2) is 0 Å². The van der Waals surface area contributed by atoms with Crippen LogP contribution in [-0.4, -0.2) is 47.0 Å². The highest BCUT2D eigenvalue weighted by Gasteiger charge is 2.30. The first-order valence-corrected chi connectivity index (χ1v) is 7.03. The lowest BCUT2D eigenvalue weighted by atomic mass is 9.96. The van der Waals surface area contributed by atoms with E-state index in [1.165, 1.54) is 0 Å². The molecule has 1 heterocycles. The Hall–Kier alpha value is -1.79. The first kappa shape index (κ1) is 16.3. The molecule has 1 rings (SSSR count). The van der Waals surface area contributed by atoms with E-state index in [2.05, 4.69) is 5.32 Å². The Morgan fingerprint density at radius 2 is 1.95 bits per heavy atom. The summed E-state index contributed by atoms with van der Waals surface area (Å²) in [7, 11) is 0. The van der Waals surface area contributed by atoms with Crippen molar-refractivity contribution in [3.8, 4) is 0 Å². The highest BCUT2D eigenvalue weighted by atomic mass is 16.4. The number of amides is 3. The molecule has 0 aromatic heterocycles. The highest BCUT2D eigenvalue weighted by Crippen LogP contribution is 2.18. The standard InChI is InChI=1S/C13H23N3O4/c1-2-3-4-10(15-13(14)20)11(17)16-7-5-9(6-8-16)12(18)19/h9-10H,2-8H2,1H3,(H,18,19)(H3,14,15,20). The number of nitrogens with zero attached hydrogens (tertiary/aromatic N) is 1. The lowest BCUT2D eigenvalue weighted by Gasteiger charge is -2.32. The van der Waals surface area contributed by atoms with Gasteiger partial charge >= 0.3 is 12.0 Å². The summed E-state index contributed by atoms with van der Waals surface area (Å²) >= 11 is 0. The van der Waals surface area contributed by atoms with E-state index in [1.54, 1.807) is 4.90 Å². The number of likely N-dealkylation sites (tertiary alicyclic amines) is 1. The smallest absolute Gasteiger partial charge is 0.312 e. The Morgan fingerprint density at radius 3 is 2.40 bits per heavy atom. The van der Waals surface area contributed by atoms with Crippen molar-refractivity contribution in [1.82, 2.24) is 10.2 Å². The summed E-state index contributed by atoms with van der Waals surface area (Å²) < 4.78 is 0. The Morgan fingerprint density at radius 1 is 1.35 bits per heavy atom. The molecule has 20 heavy (non-hydrogen) atoms.